The molecule has 0 unspecified atom stereocenters. The minimum Gasteiger partial charge on any atom is -0.480 e. The van der Waals surface area contributed by atoms with Crippen LogP contribution in [-0.2, 0) is 4.79 Å². The highest BCUT2D eigenvalue weighted by atomic mass is 19.1. The average Bonchev–Trinajstić information content (AvgIpc) is 2.22. The summed E-state index contributed by atoms with van der Waals surface area (Å²) in [5, 5.41) is 11.0. The topological polar surface area (TPSA) is 66.4 Å². The molecule has 1 aromatic rings. The first kappa shape index (κ1) is 14.1. The number of rotatable bonds is 3. The van der Waals surface area contributed by atoms with Crippen LogP contribution in [0.25, 0.3) is 0 Å². The average molecular weight is 257 g/mol. The molecule has 0 bridgehead atoms. The van der Waals surface area contributed by atoms with Gasteiger partial charge in [-0.25, -0.2) is 13.6 Å². The first-order valence-electron chi connectivity index (χ1n) is 5.16. The van der Waals surface area contributed by atoms with Crippen molar-refractivity contribution in [1.29, 1.82) is 0 Å². The fourth-order valence-corrected chi connectivity index (χ4v) is 1.24. The molecule has 0 aromatic heterocycles. The van der Waals surface area contributed by atoms with Crippen LogP contribution in [0.4, 0.5) is 8.78 Å². The summed E-state index contributed by atoms with van der Waals surface area (Å²) in [5.41, 5.74) is -1.82. The van der Waals surface area contributed by atoms with Crippen LogP contribution < -0.4 is 5.32 Å². The second kappa shape index (κ2) is 4.72. The number of aliphatic carboxylic acids is 1. The Kier molecular flexibility index (Phi) is 3.69. The Hall–Kier alpha value is -1.98. The Morgan fingerprint density at radius 1 is 1.22 bits per heavy atom. The van der Waals surface area contributed by atoms with E-state index in [1.54, 1.807) is 0 Å². The molecule has 0 fully saturated rings. The molecule has 0 atom stereocenters. The third-order valence-corrected chi connectivity index (χ3v) is 2.45. The minimum atomic E-state index is -1.54. The molecule has 0 heterocycles. The summed E-state index contributed by atoms with van der Waals surface area (Å²) in [6.07, 6.45) is 0. The van der Waals surface area contributed by atoms with Gasteiger partial charge in [0.05, 0.1) is 5.56 Å². The van der Waals surface area contributed by atoms with Gasteiger partial charge in [-0.3, -0.25) is 4.79 Å². The molecular formula is C12H13F2NO3. The Bertz CT molecular complexity index is 512. The normalized spacial score (nSPS) is 11.2. The van der Waals surface area contributed by atoms with Crippen LogP contribution in [0.3, 0.4) is 0 Å². The predicted molar refractivity (Wildman–Crippen MR) is 60.3 cm³/mol. The second-order valence-corrected chi connectivity index (χ2v) is 4.47. The standard InChI is InChI=1S/C12H13F2NO3/c1-6-4-7(9(14)5-8(6)13)10(16)15-12(2,3)11(17)18/h4-5H,1-3H3,(H,15,16)(H,17,18). The van der Waals surface area contributed by atoms with Gasteiger partial charge in [0.25, 0.3) is 5.91 Å². The van der Waals surface area contributed by atoms with E-state index in [1.807, 2.05) is 0 Å². The minimum absolute atomic E-state index is 0.106. The maximum absolute atomic E-state index is 13.4. The molecule has 6 heteroatoms. The van der Waals surface area contributed by atoms with E-state index in [2.05, 4.69) is 5.32 Å². The van der Waals surface area contributed by atoms with Gasteiger partial charge < -0.3 is 10.4 Å². The van der Waals surface area contributed by atoms with Crippen molar-refractivity contribution in [3.63, 3.8) is 0 Å². The monoisotopic (exact) mass is 257 g/mol. The number of benzene rings is 1. The molecule has 0 aliphatic rings. The first-order valence-corrected chi connectivity index (χ1v) is 5.16. The van der Waals surface area contributed by atoms with Crippen molar-refractivity contribution in [2.75, 3.05) is 0 Å². The van der Waals surface area contributed by atoms with Crippen LogP contribution in [-0.4, -0.2) is 22.5 Å². The molecule has 0 radical (unpaired) electrons. The van der Waals surface area contributed by atoms with E-state index in [0.717, 1.165) is 6.07 Å². The van der Waals surface area contributed by atoms with E-state index in [-0.39, 0.29) is 11.1 Å². The molecule has 98 valence electrons. The second-order valence-electron chi connectivity index (χ2n) is 4.47. The van der Waals surface area contributed by atoms with E-state index in [4.69, 9.17) is 5.11 Å². The smallest absolute Gasteiger partial charge is 0.328 e. The molecular weight excluding hydrogens is 244 g/mol. The lowest BCUT2D eigenvalue weighted by Crippen LogP contribution is -2.49. The number of hydrogen-bond acceptors (Lipinski definition) is 2. The van der Waals surface area contributed by atoms with Crippen LogP contribution in [0.2, 0.25) is 0 Å². The number of amides is 1. The third-order valence-electron chi connectivity index (χ3n) is 2.45. The predicted octanol–water partition coefficient (Wildman–Crippen LogP) is 1.87. The van der Waals surface area contributed by atoms with E-state index in [1.165, 1.54) is 20.8 Å². The number of carbonyl (C=O) groups is 2. The highest BCUT2D eigenvalue weighted by molar-refractivity contribution is 5.98. The molecule has 0 saturated heterocycles. The van der Waals surface area contributed by atoms with E-state index in [9.17, 15) is 18.4 Å². The van der Waals surface area contributed by atoms with Gasteiger partial charge in [-0.2, -0.15) is 0 Å². The number of carboxylic acids is 1. The van der Waals surface area contributed by atoms with E-state index < -0.39 is 29.0 Å². The van der Waals surface area contributed by atoms with Gasteiger partial charge in [-0.15, -0.1) is 0 Å². The molecule has 4 nitrogen and oxygen atoms in total. The largest absolute Gasteiger partial charge is 0.480 e. The quantitative estimate of drug-likeness (QED) is 0.868. The fraction of sp³-hybridized carbons (Fsp3) is 0.333. The van der Waals surface area contributed by atoms with Crippen LogP contribution in [0.15, 0.2) is 12.1 Å². The zero-order chi connectivity index (χ0) is 14.1. The van der Waals surface area contributed by atoms with E-state index in [0.29, 0.717) is 6.07 Å². The Labute approximate surface area is 103 Å². The fourth-order valence-electron chi connectivity index (χ4n) is 1.24. The third kappa shape index (κ3) is 2.82. The Morgan fingerprint density at radius 3 is 2.28 bits per heavy atom. The summed E-state index contributed by atoms with van der Waals surface area (Å²) < 4.78 is 26.4. The van der Waals surface area contributed by atoms with Crippen molar-refractivity contribution < 1.29 is 23.5 Å². The molecule has 0 aliphatic heterocycles. The first-order chi connectivity index (χ1) is 8.15. The van der Waals surface area contributed by atoms with Gasteiger partial charge in [0.2, 0.25) is 0 Å². The summed E-state index contributed by atoms with van der Waals surface area (Å²) in [5.74, 6) is -3.95. The highest BCUT2D eigenvalue weighted by Crippen LogP contribution is 2.15. The van der Waals surface area contributed by atoms with Crippen molar-refractivity contribution >= 4 is 11.9 Å². The molecule has 0 aliphatic carbocycles. The van der Waals surface area contributed by atoms with Crippen LogP contribution in [0.1, 0.15) is 29.8 Å². The SMILES string of the molecule is Cc1cc(C(=O)NC(C)(C)C(=O)O)c(F)cc1F. The molecule has 1 amide bonds. The summed E-state index contributed by atoms with van der Waals surface area (Å²) in [6.45, 7) is 3.91. The van der Waals surface area contributed by atoms with Crippen LogP contribution >= 0.6 is 0 Å². The van der Waals surface area contributed by atoms with Crippen molar-refractivity contribution in [2.45, 2.75) is 26.3 Å². The van der Waals surface area contributed by atoms with Gasteiger partial charge in [0.1, 0.15) is 17.2 Å². The lowest BCUT2D eigenvalue weighted by molar-refractivity contribution is -0.143. The van der Waals surface area contributed by atoms with Gasteiger partial charge >= 0.3 is 5.97 Å². The Morgan fingerprint density at radius 2 is 1.78 bits per heavy atom. The number of hydrogen-bond donors (Lipinski definition) is 2. The van der Waals surface area contributed by atoms with Crippen molar-refractivity contribution in [3.8, 4) is 0 Å². The number of carbonyl (C=O) groups excluding carboxylic acids is 1. The van der Waals surface area contributed by atoms with Gasteiger partial charge in [0.15, 0.2) is 0 Å². The molecule has 2 N–H and O–H groups in total. The summed E-state index contributed by atoms with van der Waals surface area (Å²) in [4.78, 5) is 22.5. The molecule has 18 heavy (non-hydrogen) atoms. The maximum atomic E-state index is 13.4. The van der Waals surface area contributed by atoms with Gasteiger partial charge in [-0.05, 0) is 32.4 Å². The number of aryl methyl sites for hydroxylation is 1. The summed E-state index contributed by atoms with van der Waals surface area (Å²) in [6, 6.07) is 1.63. The molecule has 0 saturated carbocycles. The molecule has 1 rings (SSSR count). The lowest BCUT2D eigenvalue weighted by atomic mass is 10.0. The van der Waals surface area contributed by atoms with Crippen LogP contribution in [0, 0.1) is 18.6 Å². The number of halogens is 2. The number of carboxylic acid groups (broad SMARTS) is 1. The highest BCUT2D eigenvalue weighted by Gasteiger charge is 2.30. The van der Waals surface area contributed by atoms with Crippen molar-refractivity contribution in [2.24, 2.45) is 0 Å². The van der Waals surface area contributed by atoms with E-state index >= 15 is 0 Å². The van der Waals surface area contributed by atoms with Crippen molar-refractivity contribution in [3.05, 3.63) is 34.9 Å². The van der Waals surface area contributed by atoms with Crippen molar-refractivity contribution in [1.82, 2.24) is 5.32 Å². The zero-order valence-electron chi connectivity index (χ0n) is 10.2. The summed E-state index contributed by atoms with van der Waals surface area (Å²) >= 11 is 0. The molecule has 1 aromatic carbocycles. The number of nitrogens with one attached hydrogen (secondary N) is 1. The Balaban J connectivity index is 3.06. The lowest BCUT2D eigenvalue weighted by Gasteiger charge is -2.21. The summed E-state index contributed by atoms with van der Waals surface area (Å²) in [7, 11) is 0. The van der Waals surface area contributed by atoms with Gasteiger partial charge in [0, 0.05) is 6.07 Å². The zero-order valence-corrected chi connectivity index (χ0v) is 10.2. The van der Waals surface area contributed by atoms with Crippen LogP contribution in [0.5, 0.6) is 0 Å². The van der Waals surface area contributed by atoms with Gasteiger partial charge in [-0.1, -0.05) is 0 Å². The maximum Gasteiger partial charge on any atom is 0.328 e. The molecule has 0 spiro atoms.